The van der Waals surface area contributed by atoms with Crippen molar-refractivity contribution >= 4 is 40.4 Å². The number of hydrogen-bond acceptors (Lipinski definition) is 9. The molecule has 0 radical (unpaired) electrons. The Morgan fingerprint density at radius 2 is 2.11 bits per heavy atom. The molecule has 0 unspecified atom stereocenters. The zero-order valence-corrected chi connectivity index (χ0v) is 21.0. The number of aromatic nitrogens is 3. The van der Waals surface area contributed by atoms with Crippen LogP contribution < -0.4 is 16.4 Å². The van der Waals surface area contributed by atoms with E-state index in [4.69, 9.17) is 22.4 Å². The number of thiazole rings is 1. The van der Waals surface area contributed by atoms with E-state index in [9.17, 15) is 4.79 Å². The van der Waals surface area contributed by atoms with Crippen LogP contribution in [0.25, 0.3) is 10.7 Å². The molecule has 35 heavy (non-hydrogen) atoms. The van der Waals surface area contributed by atoms with Crippen LogP contribution in [0.1, 0.15) is 34.6 Å². The Hall–Kier alpha value is -2.79. The SMILES string of the molecule is Nc1cc(C(=O)NCC2CCN(Cc3cnc(-c4ccccn4)s3)CC2)nc(NCCCO)c1Cl. The second-order valence-electron chi connectivity index (χ2n) is 8.54. The van der Waals surface area contributed by atoms with Crippen LogP contribution in [0.3, 0.4) is 0 Å². The third kappa shape index (κ3) is 6.88. The third-order valence-electron chi connectivity index (χ3n) is 5.92. The molecule has 4 heterocycles. The van der Waals surface area contributed by atoms with Gasteiger partial charge in [-0.25, -0.2) is 9.97 Å². The summed E-state index contributed by atoms with van der Waals surface area (Å²) in [7, 11) is 0. The van der Waals surface area contributed by atoms with E-state index in [2.05, 4.69) is 30.5 Å². The van der Waals surface area contributed by atoms with Gasteiger partial charge < -0.3 is 21.5 Å². The summed E-state index contributed by atoms with van der Waals surface area (Å²) >= 11 is 7.88. The van der Waals surface area contributed by atoms with Crippen LogP contribution in [-0.4, -0.2) is 63.7 Å². The van der Waals surface area contributed by atoms with E-state index in [1.807, 2.05) is 24.4 Å². The van der Waals surface area contributed by atoms with Crippen molar-refractivity contribution in [3.05, 3.63) is 52.3 Å². The Morgan fingerprint density at radius 3 is 2.86 bits per heavy atom. The smallest absolute Gasteiger partial charge is 0.270 e. The molecule has 0 spiro atoms. The average Bonchev–Trinajstić information content (AvgIpc) is 3.35. The van der Waals surface area contributed by atoms with Crippen molar-refractivity contribution < 1.29 is 9.90 Å². The van der Waals surface area contributed by atoms with Gasteiger partial charge in [0.1, 0.15) is 21.5 Å². The van der Waals surface area contributed by atoms with E-state index < -0.39 is 0 Å². The molecule has 0 atom stereocenters. The molecule has 3 aromatic rings. The maximum atomic E-state index is 12.7. The molecule has 0 aromatic carbocycles. The predicted octanol–water partition coefficient (Wildman–Crippen LogP) is 3.27. The summed E-state index contributed by atoms with van der Waals surface area (Å²) in [5.41, 5.74) is 7.39. The normalized spacial score (nSPS) is 14.7. The van der Waals surface area contributed by atoms with Gasteiger partial charge in [-0.3, -0.25) is 14.7 Å². The lowest BCUT2D eigenvalue weighted by atomic mass is 9.96. The Kier molecular flexibility index (Phi) is 8.86. The minimum absolute atomic E-state index is 0.0511. The standard InChI is InChI=1S/C24H30ClN7O2S/c25-21-18(26)12-20(31-22(21)28-8-3-11-33)23(34)29-13-16-5-9-32(10-6-16)15-17-14-30-24(35-17)19-4-1-2-7-27-19/h1-2,4,7,12,14,16,33H,3,5-6,8-11,13,15H2,(H,29,34)(H3,26,28,31). The molecular weight excluding hydrogens is 486 g/mol. The van der Waals surface area contributed by atoms with E-state index >= 15 is 0 Å². The highest BCUT2D eigenvalue weighted by Gasteiger charge is 2.22. The monoisotopic (exact) mass is 515 g/mol. The number of likely N-dealkylation sites (tertiary alicyclic amines) is 1. The van der Waals surface area contributed by atoms with Crippen LogP contribution in [0.15, 0.2) is 36.7 Å². The van der Waals surface area contributed by atoms with Gasteiger partial charge in [-0.2, -0.15) is 0 Å². The predicted molar refractivity (Wildman–Crippen MR) is 140 cm³/mol. The molecular formula is C24H30ClN7O2S. The van der Waals surface area contributed by atoms with Crippen molar-refractivity contribution in [1.82, 2.24) is 25.2 Å². The van der Waals surface area contributed by atoms with Crippen LogP contribution in [0, 0.1) is 5.92 Å². The fraction of sp³-hybridized carbons (Fsp3) is 0.417. The number of nitrogens with zero attached hydrogens (tertiary/aromatic N) is 4. The highest BCUT2D eigenvalue weighted by molar-refractivity contribution is 7.14. The van der Waals surface area contributed by atoms with Crippen LogP contribution in [-0.2, 0) is 6.54 Å². The van der Waals surface area contributed by atoms with Crippen LogP contribution in [0.5, 0.6) is 0 Å². The molecule has 1 saturated heterocycles. The van der Waals surface area contributed by atoms with Gasteiger partial charge in [0, 0.05) is 43.5 Å². The fourth-order valence-corrected chi connectivity index (χ4v) is 5.05. The van der Waals surface area contributed by atoms with Crippen molar-refractivity contribution in [1.29, 1.82) is 0 Å². The maximum absolute atomic E-state index is 12.7. The van der Waals surface area contributed by atoms with E-state index in [1.165, 1.54) is 10.9 Å². The summed E-state index contributed by atoms with van der Waals surface area (Å²) in [5, 5.41) is 16.2. The summed E-state index contributed by atoms with van der Waals surface area (Å²) in [6.45, 7) is 3.96. The number of anilines is 2. The number of halogens is 1. The molecule has 1 amide bonds. The van der Waals surface area contributed by atoms with E-state index in [0.29, 0.717) is 36.9 Å². The highest BCUT2D eigenvalue weighted by atomic mass is 35.5. The van der Waals surface area contributed by atoms with Gasteiger partial charge in [0.15, 0.2) is 0 Å². The number of piperidine rings is 1. The van der Waals surface area contributed by atoms with Crippen LogP contribution in [0.4, 0.5) is 11.5 Å². The number of aliphatic hydroxyl groups is 1. The van der Waals surface area contributed by atoms with Gasteiger partial charge in [-0.05, 0) is 56.5 Å². The summed E-state index contributed by atoms with van der Waals surface area (Å²) < 4.78 is 0. The number of carbonyl (C=O) groups is 1. The lowest BCUT2D eigenvalue weighted by molar-refractivity contribution is 0.0930. The van der Waals surface area contributed by atoms with E-state index in [0.717, 1.165) is 43.2 Å². The Balaban J connectivity index is 1.24. The number of hydrogen-bond donors (Lipinski definition) is 4. The summed E-state index contributed by atoms with van der Waals surface area (Å²) in [6.07, 6.45) is 6.29. The van der Waals surface area contributed by atoms with Crippen molar-refractivity contribution in [2.24, 2.45) is 5.92 Å². The first kappa shape index (κ1) is 25.3. The lowest BCUT2D eigenvalue weighted by Crippen LogP contribution is -2.38. The second kappa shape index (κ2) is 12.3. The number of nitrogen functional groups attached to an aromatic ring is 1. The number of rotatable bonds is 10. The second-order valence-corrected chi connectivity index (χ2v) is 10.0. The minimum atomic E-state index is -0.271. The van der Waals surface area contributed by atoms with Gasteiger partial charge in [0.25, 0.3) is 5.91 Å². The largest absolute Gasteiger partial charge is 0.397 e. The molecule has 11 heteroatoms. The molecule has 0 saturated carbocycles. The number of aliphatic hydroxyl groups excluding tert-OH is 1. The van der Waals surface area contributed by atoms with Gasteiger partial charge in [-0.1, -0.05) is 17.7 Å². The Labute approximate surface area is 213 Å². The number of nitrogens with two attached hydrogens (primary N) is 1. The van der Waals surface area contributed by atoms with Crippen molar-refractivity contribution in [3.8, 4) is 10.7 Å². The number of pyridine rings is 2. The van der Waals surface area contributed by atoms with Gasteiger partial charge >= 0.3 is 0 Å². The topological polar surface area (TPSA) is 129 Å². The first-order valence-corrected chi connectivity index (χ1v) is 12.9. The zero-order valence-electron chi connectivity index (χ0n) is 19.4. The van der Waals surface area contributed by atoms with Crippen LogP contribution in [0.2, 0.25) is 5.02 Å². The first-order valence-electron chi connectivity index (χ1n) is 11.7. The molecule has 1 aliphatic rings. The van der Waals surface area contributed by atoms with Crippen molar-refractivity contribution in [3.63, 3.8) is 0 Å². The minimum Gasteiger partial charge on any atom is -0.397 e. The molecule has 0 bridgehead atoms. The molecule has 186 valence electrons. The number of carbonyl (C=O) groups excluding carboxylic acids is 1. The maximum Gasteiger partial charge on any atom is 0.270 e. The quantitative estimate of drug-likeness (QED) is 0.303. The number of amides is 1. The molecule has 4 rings (SSSR count). The molecule has 3 aromatic heterocycles. The van der Waals surface area contributed by atoms with E-state index in [1.54, 1.807) is 17.5 Å². The molecule has 1 aliphatic heterocycles. The summed E-state index contributed by atoms with van der Waals surface area (Å²) in [6, 6.07) is 7.35. The Bertz CT molecular complexity index is 1120. The number of nitrogens with one attached hydrogen (secondary N) is 2. The lowest BCUT2D eigenvalue weighted by Gasteiger charge is -2.31. The Morgan fingerprint density at radius 1 is 1.29 bits per heavy atom. The van der Waals surface area contributed by atoms with Gasteiger partial charge in [0.05, 0.1) is 11.4 Å². The molecule has 1 fully saturated rings. The molecule has 5 N–H and O–H groups in total. The summed E-state index contributed by atoms with van der Waals surface area (Å²) in [5.74, 6) is 0.494. The molecule has 0 aliphatic carbocycles. The van der Waals surface area contributed by atoms with Gasteiger partial charge in [0.2, 0.25) is 0 Å². The fourth-order valence-electron chi connectivity index (χ4n) is 3.95. The van der Waals surface area contributed by atoms with Crippen LogP contribution >= 0.6 is 22.9 Å². The third-order valence-corrected chi connectivity index (χ3v) is 7.32. The highest BCUT2D eigenvalue weighted by Crippen LogP contribution is 2.28. The summed E-state index contributed by atoms with van der Waals surface area (Å²) in [4.78, 5) is 29.6. The average molecular weight is 516 g/mol. The van der Waals surface area contributed by atoms with Gasteiger partial charge in [-0.15, -0.1) is 11.3 Å². The van der Waals surface area contributed by atoms with Crippen molar-refractivity contribution in [2.45, 2.75) is 25.8 Å². The first-order chi connectivity index (χ1) is 17.0. The zero-order chi connectivity index (χ0) is 24.6. The van der Waals surface area contributed by atoms with Crippen molar-refractivity contribution in [2.75, 3.05) is 43.8 Å². The van der Waals surface area contributed by atoms with E-state index in [-0.39, 0.29) is 23.2 Å². The molecule has 9 nitrogen and oxygen atoms in total.